The standard InChI is InChI=1S/C11H14N6O2S/c1-3-12-10-9(17(18)19)11(15-6-14-10)13-4-8-5-20-7(2)16-8/h5-6H,3-4H2,1-2H3,(H2,12,13,14,15). The van der Waals surface area contributed by atoms with Gasteiger partial charge in [0.25, 0.3) is 0 Å². The number of hydrogen-bond donors (Lipinski definition) is 2. The summed E-state index contributed by atoms with van der Waals surface area (Å²) in [4.78, 5) is 22.8. The van der Waals surface area contributed by atoms with Crippen LogP contribution in [-0.2, 0) is 6.54 Å². The van der Waals surface area contributed by atoms with Crippen LogP contribution in [0.25, 0.3) is 0 Å². The van der Waals surface area contributed by atoms with Crippen LogP contribution in [0.2, 0.25) is 0 Å². The van der Waals surface area contributed by atoms with E-state index in [1.165, 1.54) is 17.7 Å². The lowest BCUT2D eigenvalue weighted by atomic mass is 10.4. The molecule has 0 amide bonds. The first-order chi connectivity index (χ1) is 9.61. The van der Waals surface area contributed by atoms with Gasteiger partial charge in [0.05, 0.1) is 22.2 Å². The number of aromatic nitrogens is 3. The maximum Gasteiger partial charge on any atom is 0.353 e. The molecular formula is C11H14N6O2S. The van der Waals surface area contributed by atoms with Gasteiger partial charge in [0.15, 0.2) is 0 Å². The maximum absolute atomic E-state index is 11.2. The molecule has 2 aromatic rings. The highest BCUT2D eigenvalue weighted by Gasteiger charge is 2.22. The summed E-state index contributed by atoms with van der Waals surface area (Å²) in [6.45, 7) is 4.68. The smallest absolute Gasteiger partial charge is 0.353 e. The lowest BCUT2D eigenvalue weighted by molar-refractivity contribution is -0.383. The average molecular weight is 294 g/mol. The largest absolute Gasteiger partial charge is 0.364 e. The second-order valence-corrected chi connectivity index (χ2v) is 4.98. The second-order valence-electron chi connectivity index (χ2n) is 3.92. The number of thiazole rings is 1. The van der Waals surface area contributed by atoms with E-state index in [0.29, 0.717) is 13.1 Å². The Morgan fingerprint density at radius 3 is 2.60 bits per heavy atom. The number of nitrogens with zero attached hydrogens (tertiary/aromatic N) is 4. The van der Waals surface area contributed by atoms with Gasteiger partial charge in [-0.1, -0.05) is 0 Å². The Morgan fingerprint density at radius 1 is 1.35 bits per heavy atom. The lowest BCUT2D eigenvalue weighted by Crippen LogP contribution is -2.09. The van der Waals surface area contributed by atoms with Crippen molar-refractivity contribution in [3.05, 3.63) is 32.5 Å². The molecule has 2 heterocycles. The van der Waals surface area contributed by atoms with Crippen LogP contribution < -0.4 is 10.6 Å². The molecule has 0 spiro atoms. The minimum Gasteiger partial charge on any atom is -0.364 e. The van der Waals surface area contributed by atoms with Gasteiger partial charge in [-0.25, -0.2) is 15.0 Å². The summed E-state index contributed by atoms with van der Waals surface area (Å²) in [6, 6.07) is 0. The molecule has 0 saturated heterocycles. The fraction of sp³-hybridized carbons (Fsp3) is 0.364. The van der Waals surface area contributed by atoms with E-state index in [-0.39, 0.29) is 17.3 Å². The highest BCUT2D eigenvalue weighted by atomic mass is 32.1. The molecule has 0 aliphatic heterocycles. The van der Waals surface area contributed by atoms with Crippen molar-refractivity contribution in [3.8, 4) is 0 Å². The van der Waals surface area contributed by atoms with Crippen LogP contribution in [0.1, 0.15) is 17.6 Å². The Labute approximate surface area is 119 Å². The van der Waals surface area contributed by atoms with Gasteiger partial charge in [-0.3, -0.25) is 10.1 Å². The van der Waals surface area contributed by atoms with Crippen LogP contribution in [0.15, 0.2) is 11.7 Å². The van der Waals surface area contributed by atoms with Crippen LogP contribution in [0.4, 0.5) is 17.3 Å². The number of nitrogens with one attached hydrogen (secondary N) is 2. The Balaban J connectivity index is 2.22. The molecular weight excluding hydrogens is 280 g/mol. The summed E-state index contributed by atoms with van der Waals surface area (Å²) in [6.07, 6.45) is 1.29. The van der Waals surface area contributed by atoms with Crippen molar-refractivity contribution in [1.82, 2.24) is 15.0 Å². The predicted molar refractivity (Wildman–Crippen MR) is 77.0 cm³/mol. The Morgan fingerprint density at radius 2 is 2.05 bits per heavy atom. The van der Waals surface area contributed by atoms with E-state index in [1.54, 1.807) is 0 Å². The Kier molecular flexibility index (Phi) is 4.41. The molecule has 2 aromatic heterocycles. The Bertz CT molecular complexity index is 615. The van der Waals surface area contributed by atoms with Gasteiger partial charge < -0.3 is 10.6 Å². The third-order valence-electron chi connectivity index (χ3n) is 2.45. The van der Waals surface area contributed by atoms with E-state index in [9.17, 15) is 10.1 Å². The number of rotatable bonds is 6. The molecule has 2 rings (SSSR count). The van der Waals surface area contributed by atoms with Crippen molar-refractivity contribution < 1.29 is 4.92 Å². The first-order valence-corrected chi connectivity index (χ1v) is 6.88. The molecule has 106 valence electrons. The zero-order valence-electron chi connectivity index (χ0n) is 11.1. The van der Waals surface area contributed by atoms with Crippen LogP contribution in [-0.4, -0.2) is 26.4 Å². The summed E-state index contributed by atoms with van der Waals surface area (Å²) in [5.41, 5.74) is 0.673. The van der Waals surface area contributed by atoms with Gasteiger partial charge in [-0.2, -0.15) is 0 Å². The minimum atomic E-state index is -0.493. The zero-order chi connectivity index (χ0) is 14.5. The molecule has 20 heavy (non-hydrogen) atoms. The molecule has 0 bridgehead atoms. The van der Waals surface area contributed by atoms with Crippen molar-refractivity contribution in [2.24, 2.45) is 0 Å². The Hall–Kier alpha value is -2.29. The molecule has 0 aliphatic carbocycles. The monoisotopic (exact) mass is 294 g/mol. The van der Waals surface area contributed by atoms with E-state index < -0.39 is 4.92 Å². The van der Waals surface area contributed by atoms with Gasteiger partial charge in [-0.05, 0) is 13.8 Å². The van der Waals surface area contributed by atoms with Crippen molar-refractivity contribution in [3.63, 3.8) is 0 Å². The molecule has 0 saturated carbocycles. The molecule has 0 radical (unpaired) electrons. The summed E-state index contributed by atoms with van der Waals surface area (Å²) in [5, 5.41) is 19.8. The summed E-state index contributed by atoms with van der Waals surface area (Å²) in [5.74, 6) is 0.399. The number of nitro groups is 1. The summed E-state index contributed by atoms with van der Waals surface area (Å²) in [7, 11) is 0. The highest BCUT2D eigenvalue weighted by Crippen LogP contribution is 2.28. The van der Waals surface area contributed by atoms with E-state index >= 15 is 0 Å². The van der Waals surface area contributed by atoms with Gasteiger partial charge in [0.2, 0.25) is 11.6 Å². The molecule has 0 aromatic carbocycles. The van der Waals surface area contributed by atoms with E-state index in [2.05, 4.69) is 25.6 Å². The number of anilines is 2. The van der Waals surface area contributed by atoms with E-state index in [4.69, 9.17) is 0 Å². The number of aryl methyl sites for hydroxylation is 1. The fourth-order valence-corrected chi connectivity index (χ4v) is 2.25. The molecule has 9 heteroatoms. The third-order valence-corrected chi connectivity index (χ3v) is 3.27. The highest BCUT2D eigenvalue weighted by molar-refractivity contribution is 7.09. The van der Waals surface area contributed by atoms with Crippen molar-refractivity contribution in [1.29, 1.82) is 0 Å². The number of hydrogen-bond acceptors (Lipinski definition) is 8. The topological polar surface area (TPSA) is 106 Å². The third kappa shape index (κ3) is 3.18. The fourth-order valence-electron chi connectivity index (χ4n) is 1.64. The van der Waals surface area contributed by atoms with Gasteiger partial charge >= 0.3 is 5.69 Å². The SMILES string of the molecule is CCNc1ncnc(NCc2csc(C)n2)c1[N+](=O)[O-]. The van der Waals surface area contributed by atoms with Gasteiger partial charge in [0, 0.05) is 11.9 Å². The first kappa shape index (κ1) is 14.1. The van der Waals surface area contributed by atoms with Crippen molar-refractivity contribution >= 4 is 28.7 Å². The average Bonchev–Trinajstić information content (AvgIpc) is 2.82. The summed E-state index contributed by atoms with van der Waals surface area (Å²) < 4.78 is 0. The minimum absolute atomic E-state index is 0.152. The lowest BCUT2D eigenvalue weighted by Gasteiger charge is -2.08. The summed E-state index contributed by atoms with van der Waals surface area (Å²) >= 11 is 1.53. The molecule has 8 nitrogen and oxygen atoms in total. The van der Waals surface area contributed by atoms with E-state index in [1.807, 2.05) is 19.2 Å². The van der Waals surface area contributed by atoms with Gasteiger partial charge in [-0.15, -0.1) is 11.3 Å². The van der Waals surface area contributed by atoms with Crippen LogP contribution in [0.5, 0.6) is 0 Å². The zero-order valence-corrected chi connectivity index (χ0v) is 11.9. The van der Waals surface area contributed by atoms with Crippen LogP contribution in [0.3, 0.4) is 0 Å². The molecule has 0 atom stereocenters. The first-order valence-electron chi connectivity index (χ1n) is 6.00. The molecule has 0 aliphatic rings. The predicted octanol–water partition coefficient (Wildman–Crippen LogP) is 2.19. The van der Waals surface area contributed by atoms with Crippen molar-refractivity contribution in [2.45, 2.75) is 20.4 Å². The maximum atomic E-state index is 11.2. The van der Waals surface area contributed by atoms with E-state index in [0.717, 1.165) is 10.7 Å². The quantitative estimate of drug-likeness (QED) is 0.621. The van der Waals surface area contributed by atoms with Gasteiger partial charge in [0.1, 0.15) is 6.33 Å². The second kappa shape index (κ2) is 6.24. The van der Waals surface area contributed by atoms with Crippen LogP contribution in [0, 0.1) is 17.0 Å². The molecule has 0 fully saturated rings. The normalized spacial score (nSPS) is 10.3. The molecule has 2 N–H and O–H groups in total. The van der Waals surface area contributed by atoms with Crippen LogP contribution >= 0.6 is 11.3 Å². The van der Waals surface area contributed by atoms with Crippen molar-refractivity contribution in [2.75, 3.05) is 17.2 Å². The molecule has 0 unspecified atom stereocenters.